The fraction of sp³-hybridized carbons (Fsp3) is 0.341. The van der Waals surface area contributed by atoms with Crippen LogP contribution in [0.5, 0.6) is 0 Å². The number of hydrogen-bond donors (Lipinski definition) is 0. The van der Waals surface area contributed by atoms with Gasteiger partial charge in [-0.3, -0.25) is 0 Å². The molecule has 4 aromatic rings. The highest BCUT2D eigenvalue weighted by molar-refractivity contribution is 6.07. The summed E-state index contributed by atoms with van der Waals surface area (Å²) in [6.07, 6.45) is 20.5. The van der Waals surface area contributed by atoms with Crippen molar-refractivity contribution >= 4 is 38.6 Å². The van der Waals surface area contributed by atoms with Crippen LogP contribution in [0, 0.1) is 0 Å². The minimum atomic E-state index is -0.0798. The highest BCUT2D eigenvalue weighted by atomic mass is 15.2. The number of fused-ring (bicyclic) bond motifs is 6. The molecule has 0 fully saturated rings. The topological polar surface area (TPSA) is 9.49 Å². The number of rotatable bonds is 11. The van der Waals surface area contributed by atoms with Crippen molar-refractivity contribution in [1.29, 1.82) is 0 Å². The lowest BCUT2D eigenvalue weighted by molar-refractivity contribution is -0.401. The molecule has 0 aromatic heterocycles. The smallest absolute Gasteiger partial charge is 0.210 e. The van der Waals surface area contributed by atoms with E-state index in [1.165, 1.54) is 87.7 Å². The Kier molecular flexibility index (Phi) is 9.39. The molecular formula is C44H52N3+. The summed E-state index contributed by atoms with van der Waals surface area (Å²) < 4.78 is 2.35. The maximum Gasteiger partial charge on any atom is 0.210 e. The van der Waals surface area contributed by atoms with Crippen LogP contribution in [0.4, 0.5) is 11.4 Å². The number of benzene rings is 4. The largest absolute Gasteiger partial charge is 0.344 e. The van der Waals surface area contributed by atoms with E-state index < -0.39 is 0 Å². The van der Waals surface area contributed by atoms with Crippen LogP contribution in [-0.2, 0) is 10.8 Å². The van der Waals surface area contributed by atoms with Crippen LogP contribution in [0.1, 0.15) is 64.5 Å². The number of nitrogens with zero attached hydrogens (tertiary/aromatic N) is 3. The zero-order valence-corrected chi connectivity index (χ0v) is 29.6. The monoisotopic (exact) mass is 622 g/mol. The fourth-order valence-electron chi connectivity index (χ4n) is 8.01. The molecule has 242 valence electrons. The highest BCUT2D eigenvalue weighted by Crippen LogP contribution is 2.51. The van der Waals surface area contributed by atoms with Gasteiger partial charge in [-0.25, -0.2) is 0 Å². The molecule has 3 heteroatoms. The Balaban J connectivity index is 1.20. The summed E-state index contributed by atoms with van der Waals surface area (Å²) in [5, 5.41) is 5.34. The van der Waals surface area contributed by atoms with E-state index in [1.54, 1.807) is 0 Å². The molecule has 2 aliphatic heterocycles. The first-order valence-corrected chi connectivity index (χ1v) is 17.4. The molecule has 0 aliphatic carbocycles. The first-order valence-electron chi connectivity index (χ1n) is 17.4. The third-order valence-corrected chi connectivity index (χ3v) is 10.3. The van der Waals surface area contributed by atoms with Crippen molar-refractivity contribution in [2.75, 3.05) is 39.1 Å². The molecule has 0 unspecified atom stereocenters. The molecule has 6 rings (SSSR count). The molecule has 0 spiro atoms. The van der Waals surface area contributed by atoms with E-state index >= 15 is 0 Å². The quantitative estimate of drug-likeness (QED) is 0.0935. The Hall–Kier alpha value is -4.21. The molecule has 4 aromatic carbocycles. The van der Waals surface area contributed by atoms with E-state index in [9.17, 15) is 0 Å². The van der Waals surface area contributed by atoms with Crippen LogP contribution in [0.25, 0.3) is 21.5 Å². The summed E-state index contributed by atoms with van der Waals surface area (Å²) in [4.78, 5) is 4.88. The van der Waals surface area contributed by atoms with Crippen LogP contribution in [0.3, 0.4) is 0 Å². The van der Waals surface area contributed by atoms with Crippen molar-refractivity contribution in [1.82, 2.24) is 4.90 Å². The SMILES string of the molecule is CN(C)CCCCCCN1C(=CC=CC=CC=CC2=[N+](C)c3ccc4ccccc4c3C2(C)C)C(C)(C)c2c1ccc1ccccc21. The number of hydrogen-bond acceptors (Lipinski definition) is 2. The van der Waals surface area contributed by atoms with E-state index in [1.807, 2.05) is 0 Å². The van der Waals surface area contributed by atoms with Crippen molar-refractivity contribution in [2.45, 2.75) is 64.2 Å². The lowest BCUT2D eigenvalue weighted by atomic mass is 9.79. The van der Waals surface area contributed by atoms with E-state index in [2.05, 4.69) is 179 Å². The van der Waals surface area contributed by atoms with Gasteiger partial charge in [0.2, 0.25) is 5.69 Å². The summed E-state index contributed by atoms with van der Waals surface area (Å²) in [7, 11) is 6.52. The van der Waals surface area contributed by atoms with Crippen molar-refractivity contribution in [3.8, 4) is 0 Å². The van der Waals surface area contributed by atoms with Gasteiger partial charge in [0.1, 0.15) is 7.05 Å². The number of allylic oxidation sites excluding steroid dienone is 8. The van der Waals surface area contributed by atoms with Gasteiger partial charge in [-0.1, -0.05) is 112 Å². The summed E-state index contributed by atoms with van der Waals surface area (Å²) >= 11 is 0. The molecule has 0 bridgehead atoms. The van der Waals surface area contributed by atoms with Crippen LogP contribution in [0.15, 0.2) is 121 Å². The van der Waals surface area contributed by atoms with Gasteiger partial charge < -0.3 is 9.80 Å². The van der Waals surface area contributed by atoms with Gasteiger partial charge in [-0.05, 0) is 92.6 Å². The third kappa shape index (κ3) is 6.26. The van der Waals surface area contributed by atoms with Crippen LogP contribution in [0.2, 0.25) is 0 Å². The van der Waals surface area contributed by atoms with Crippen molar-refractivity contribution in [2.24, 2.45) is 0 Å². The second-order valence-corrected chi connectivity index (χ2v) is 14.6. The van der Waals surface area contributed by atoms with Gasteiger partial charge in [0.25, 0.3) is 0 Å². The van der Waals surface area contributed by atoms with Gasteiger partial charge in [0.05, 0.1) is 5.41 Å². The lowest BCUT2D eigenvalue weighted by Gasteiger charge is -2.27. The molecule has 47 heavy (non-hydrogen) atoms. The van der Waals surface area contributed by atoms with Crippen molar-refractivity contribution in [3.63, 3.8) is 0 Å². The molecular weight excluding hydrogens is 571 g/mol. The summed E-state index contributed by atoms with van der Waals surface area (Å²) in [5.74, 6) is 0. The lowest BCUT2D eigenvalue weighted by Crippen LogP contribution is -2.27. The molecule has 0 saturated heterocycles. The Labute approximate surface area is 282 Å². The average Bonchev–Trinajstić information content (AvgIpc) is 3.39. The van der Waals surface area contributed by atoms with Gasteiger partial charge in [-0.15, -0.1) is 0 Å². The van der Waals surface area contributed by atoms with E-state index in [0.29, 0.717) is 0 Å². The average molecular weight is 623 g/mol. The second-order valence-electron chi connectivity index (χ2n) is 14.6. The first-order chi connectivity index (χ1) is 22.6. The van der Waals surface area contributed by atoms with Crippen LogP contribution in [-0.4, -0.2) is 49.4 Å². The molecule has 0 N–H and O–H groups in total. The number of unbranched alkanes of at least 4 members (excludes halogenated alkanes) is 3. The van der Waals surface area contributed by atoms with Crippen molar-refractivity contribution < 1.29 is 4.58 Å². The standard InChI is InChI=1S/C44H52N3/c1-43(2)39(46(7)37-29-27-33-21-15-17-23-35(33)41(37)43)25-13-9-8-10-14-26-40-44(3,4)42-36-24-18-16-22-34(36)28-30-38(42)47(40)32-20-12-11-19-31-45(5)6/h8-10,13-18,21-30H,11-12,19-20,31-32H2,1-7H3/q+1. The Bertz CT molecular complexity index is 1930. The fourth-order valence-corrected chi connectivity index (χ4v) is 8.01. The maximum absolute atomic E-state index is 2.59. The predicted octanol–water partition coefficient (Wildman–Crippen LogP) is 10.5. The zero-order valence-electron chi connectivity index (χ0n) is 29.6. The highest BCUT2D eigenvalue weighted by Gasteiger charge is 2.44. The molecule has 0 saturated carbocycles. The predicted molar refractivity (Wildman–Crippen MR) is 205 cm³/mol. The van der Waals surface area contributed by atoms with Gasteiger partial charge in [0.15, 0.2) is 5.71 Å². The second kappa shape index (κ2) is 13.5. The van der Waals surface area contributed by atoms with Crippen LogP contribution < -0.4 is 4.90 Å². The molecule has 0 amide bonds. The maximum atomic E-state index is 2.59. The van der Waals surface area contributed by atoms with Gasteiger partial charge in [-0.2, -0.15) is 4.58 Å². The normalized spacial score (nSPS) is 18.0. The number of anilines is 1. The Morgan fingerprint density at radius 1 is 0.660 bits per heavy atom. The van der Waals surface area contributed by atoms with Gasteiger partial charge in [0, 0.05) is 41.1 Å². The summed E-state index contributed by atoms with van der Waals surface area (Å²) in [6.45, 7) is 11.7. The molecule has 2 aliphatic rings. The van der Waals surface area contributed by atoms with E-state index in [4.69, 9.17) is 0 Å². The summed E-state index contributed by atoms with van der Waals surface area (Å²) in [6, 6.07) is 26.8. The molecule has 3 nitrogen and oxygen atoms in total. The zero-order chi connectivity index (χ0) is 33.2. The minimum Gasteiger partial charge on any atom is -0.344 e. The minimum absolute atomic E-state index is 0.0708. The Morgan fingerprint density at radius 2 is 1.28 bits per heavy atom. The van der Waals surface area contributed by atoms with E-state index in [-0.39, 0.29) is 10.8 Å². The van der Waals surface area contributed by atoms with Crippen LogP contribution >= 0.6 is 0 Å². The molecule has 0 radical (unpaired) electrons. The Morgan fingerprint density at radius 3 is 2.00 bits per heavy atom. The van der Waals surface area contributed by atoms with E-state index in [0.717, 1.165) is 6.54 Å². The summed E-state index contributed by atoms with van der Waals surface area (Å²) in [5.41, 5.74) is 8.09. The third-order valence-electron chi connectivity index (χ3n) is 10.3. The van der Waals surface area contributed by atoms with Crippen molar-refractivity contribution in [3.05, 3.63) is 132 Å². The molecule has 2 heterocycles. The molecule has 0 atom stereocenters. The van der Waals surface area contributed by atoms with Gasteiger partial charge >= 0.3 is 0 Å². The first kappa shape index (κ1) is 32.7.